The molecule has 0 bridgehead atoms. The lowest BCUT2D eigenvalue weighted by Crippen LogP contribution is -2.49. The molecule has 118 valence electrons. The second-order valence-corrected chi connectivity index (χ2v) is 9.78. The summed E-state index contributed by atoms with van der Waals surface area (Å²) in [6, 6.07) is 0.629. The Hall–Kier alpha value is -0.440. The van der Waals surface area contributed by atoms with Crippen molar-refractivity contribution in [3.63, 3.8) is 0 Å². The summed E-state index contributed by atoms with van der Waals surface area (Å²) in [6.45, 7) is 4.09. The summed E-state index contributed by atoms with van der Waals surface area (Å²) in [6.07, 6.45) is 1.98. The normalized spacial score (nSPS) is 24.1. The Kier molecular flexibility index (Phi) is 5.12. The molecule has 0 spiro atoms. The van der Waals surface area contributed by atoms with Crippen molar-refractivity contribution in [1.29, 1.82) is 0 Å². The summed E-state index contributed by atoms with van der Waals surface area (Å²) in [5.74, 6) is -0.793. The van der Waals surface area contributed by atoms with Gasteiger partial charge >= 0.3 is 5.97 Å². The van der Waals surface area contributed by atoms with Crippen molar-refractivity contribution in [3.05, 3.63) is 15.4 Å². The van der Waals surface area contributed by atoms with Gasteiger partial charge in [0.05, 0.1) is 3.79 Å². The number of nitrogens with zero attached hydrogens (tertiary/aromatic N) is 1. The van der Waals surface area contributed by atoms with Gasteiger partial charge in [-0.25, -0.2) is 8.42 Å². The average molecular weight is 396 g/mol. The summed E-state index contributed by atoms with van der Waals surface area (Å²) < 4.78 is 27.5. The Morgan fingerprint density at radius 3 is 2.71 bits per heavy atom. The number of hydrogen-bond donors (Lipinski definition) is 1. The number of halogens is 1. The first-order valence-electron chi connectivity index (χ1n) is 6.78. The third kappa shape index (κ3) is 3.33. The predicted octanol–water partition coefficient (Wildman–Crippen LogP) is 3.08. The molecular weight excluding hydrogens is 378 g/mol. The number of aryl methyl sites for hydroxylation is 1. The van der Waals surface area contributed by atoms with E-state index < -0.39 is 22.0 Å². The monoisotopic (exact) mass is 395 g/mol. The topological polar surface area (TPSA) is 74.7 Å². The van der Waals surface area contributed by atoms with E-state index in [1.54, 1.807) is 6.07 Å². The molecule has 0 amide bonds. The van der Waals surface area contributed by atoms with E-state index in [2.05, 4.69) is 15.9 Å². The number of thiophene rings is 1. The van der Waals surface area contributed by atoms with Crippen molar-refractivity contribution in [2.45, 2.75) is 43.4 Å². The first kappa shape index (κ1) is 16.9. The van der Waals surface area contributed by atoms with Gasteiger partial charge in [-0.2, -0.15) is 4.31 Å². The molecule has 5 nitrogen and oxygen atoms in total. The van der Waals surface area contributed by atoms with E-state index in [9.17, 15) is 18.3 Å². The lowest BCUT2D eigenvalue weighted by molar-refractivity contribution is -0.143. The molecule has 1 aromatic rings. The Morgan fingerprint density at radius 2 is 2.24 bits per heavy atom. The molecule has 1 N–H and O–H groups in total. The fourth-order valence-corrected chi connectivity index (χ4v) is 6.54. The predicted molar refractivity (Wildman–Crippen MR) is 85.1 cm³/mol. The molecule has 2 rings (SSSR count). The van der Waals surface area contributed by atoms with Crippen LogP contribution in [0.1, 0.15) is 31.7 Å². The van der Waals surface area contributed by atoms with Crippen molar-refractivity contribution in [2.75, 3.05) is 6.54 Å². The number of carboxylic acid groups (broad SMARTS) is 1. The zero-order chi connectivity index (χ0) is 15.8. The third-order valence-corrected chi connectivity index (χ3v) is 8.42. The molecule has 21 heavy (non-hydrogen) atoms. The van der Waals surface area contributed by atoms with Crippen LogP contribution >= 0.6 is 27.3 Å². The quantitative estimate of drug-likeness (QED) is 0.849. The average Bonchev–Trinajstić information content (AvgIpc) is 2.78. The van der Waals surface area contributed by atoms with Crippen LogP contribution in [0.25, 0.3) is 0 Å². The van der Waals surface area contributed by atoms with Gasteiger partial charge in [0.15, 0.2) is 0 Å². The third-order valence-electron chi connectivity index (χ3n) is 3.92. The van der Waals surface area contributed by atoms with Crippen LogP contribution in [0, 0.1) is 12.8 Å². The van der Waals surface area contributed by atoms with E-state index in [0.717, 1.165) is 31.4 Å². The zero-order valence-corrected chi connectivity index (χ0v) is 15.1. The van der Waals surface area contributed by atoms with Crippen molar-refractivity contribution in [2.24, 2.45) is 5.92 Å². The second-order valence-electron chi connectivity index (χ2n) is 5.29. The molecule has 8 heteroatoms. The maximum Gasteiger partial charge on any atom is 0.322 e. The highest BCUT2D eigenvalue weighted by Crippen LogP contribution is 2.36. The molecule has 2 atom stereocenters. The van der Waals surface area contributed by atoms with Gasteiger partial charge in [0.25, 0.3) is 10.0 Å². The number of rotatable bonds is 4. The largest absolute Gasteiger partial charge is 0.480 e. The number of carbonyl (C=O) groups is 1. The van der Waals surface area contributed by atoms with Crippen LogP contribution in [-0.4, -0.2) is 36.4 Å². The molecule has 1 saturated heterocycles. The number of piperidine rings is 1. The van der Waals surface area contributed by atoms with E-state index in [-0.39, 0.29) is 16.7 Å². The van der Waals surface area contributed by atoms with Gasteiger partial charge in [0.1, 0.15) is 10.3 Å². The highest BCUT2D eigenvalue weighted by Gasteiger charge is 2.41. The van der Waals surface area contributed by atoms with Gasteiger partial charge in [-0.1, -0.05) is 13.3 Å². The van der Waals surface area contributed by atoms with E-state index in [1.807, 2.05) is 13.8 Å². The standard InChI is InChI=1S/C13H18BrNO4S2/c1-3-9-4-5-15(10(7-9)13(16)17)21(18,19)11-6-8(2)12(14)20-11/h6,9-10H,3-5,7H2,1-2H3,(H,16,17). The van der Waals surface area contributed by atoms with Gasteiger partial charge < -0.3 is 5.11 Å². The van der Waals surface area contributed by atoms with Crippen molar-refractivity contribution < 1.29 is 18.3 Å². The summed E-state index contributed by atoms with van der Waals surface area (Å²) in [7, 11) is -3.75. The lowest BCUT2D eigenvalue weighted by atomic mass is 9.90. The van der Waals surface area contributed by atoms with Crippen LogP contribution in [0.4, 0.5) is 0 Å². The first-order chi connectivity index (χ1) is 9.77. The van der Waals surface area contributed by atoms with Gasteiger partial charge in [-0.15, -0.1) is 11.3 Å². The van der Waals surface area contributed by atoms with E-state index in [0.29, 0.717) is 12.8 Å². The number of sulfonamides is 1. The molecule has 2 heterocycles. The Labute approximate surface area is 137 Å². The van der Waals surface area contributed by atoms with Gasteiger partial charge in [0, 0.05) is 6.54 Å². The van der Waals surface area contributed by atoms with Crippen molar-refractivity contribution >= 4 is 43.3 Å². The molecule has 1 fully saturated rings. The molecule has 0 aliphatic carbocycles. The molecule has 1 aliphatic heterocycles. The molecular formula is C13H18BrNO4S2. The SMILES string of the molecule is CCC1CCN(S(=O)(=O)c2cc(C)c(Br)s2)C(C(=O)O)C1. The maximum absolute atomic E-state index is 12.7. The van der Waals surface area contributed by atoms with Gasteiger partial charge in [-0.05, 0) is 53.2 Å². The molecule has 1 aliphatic rings. The fraction of sp³-hybridized carbons (Fsp3) is 0.615. The fourth-order valence-electron chi connectivity index (χ4n) is 2.57. The molecule has 1 aromatic heterocycles. The maximum atomic E-state index is 12.7. The van der Waals surface area contributed by atoms with Crippen LogP contribution in [0.5, 0.6) is 0 Å². The van der Waals surface area contributed by atoms with E-state index in [1.165, 1.54) is 0 Å². The summed E-state index contributed by atoms with van der Waals surface area (Å²) in [4.78, 5) is 11.5. The van der Waals surface area contributed by atoms with Crippen molar-refractivity contribution in [3.8, 4) is 0 Å². The van der Waals surface area contributed by atoms with Crippen LogP contribution in [0.3, 0.4) is 0 Å². The Morgan fingerprint density at radius 1 is 1.57 bits per heavy atom. The van der Waals surface area contributed by atoms with E-state index in [4.69, 9.17) is 0 Å². The number of carboxylic acids is 1. The van der Waals surface area contributed by atoms with Crippen LogP contribution in [0.2, 0.25) is 0 Å². The highest BCUT2D eigenvalue weighted by atomic mass is 79.9. The van der Waals surface area contributed by atoms with Crippen LogP contribution in [-0.2, 0) is 14.8 Å². The molecule has 0 saturated carbocycles. The Bertz CT molecular complexity index is 621. The highest BCUT2D eigenvalue weighted by molar-refractivity contribution is 9.11. The first-order valence-corrected chi connectivity index (χ1v) is 9.83. The molecule has 2 unspecified atom stereocenters. The second kappa shape index (κ2) is 6.36. The zero-order valence-electron chi connectivity index (χ0n) is 11.9. The number of aliphatic carboxylic acids is 1. The summed E-state index contributed by atoms with van der Waals surface area (Å²) >= 11 is 4.45. The minimum Gasteiger partial charge on any atom is -0.480 e. The molecule has 0 aromatic carbocycles. The van der Waals surface area contributed by atoms with Gasteiger partial charge in [0.2, 0.25) is 0 Å². The summed E-state index contributed by atoms with van der Waals surface area (Å²) in [5.41, 5.74) is 0.842. The smallest absolute Gasteiger partial charge is 0.322 e. The van der Waals surface area contributed by atoms with Crippen LogP contribution < -0.4 is 0 Å². The van der Waals surface area contributed by atoms with Crippen molar-refractivity contribution in [1.82, 2.24) is 4.31 Å². The van der Waals surface area contributed by atoms with E-state index >= 15 is 0 Å². The Balaban J connectivity index is 2.35. The van der Waals surface area contributed by atoms with Gasteiger partial charge in [-0.3, -0.25) is 4.79 Å². The minimum absolute atomic E-state index is 0.202. The van der Waals surface area contributed by atoms with Crippen LogP contribution in [0.15, 0.2) is 14.1 Å². The lowest BCUT2D eigenvalue weighted by Gasteiger charge is -2.35. The minimum atomic E-state index is -3.75. The number of hydrogen-bond acceptors (Lipinski definition) is 4. The summed E-state index contributed by atoms with van der Waals surface area (Å²) in [5, 5.41) is 9.38. The molecule has 0 radical (unpaired) electrons.